The summed E-state index contributed by atoms with van der Waals surface area (Å²) in [5.74, 6) is 0.409. The zero-order chi connectivity index (χ0) is 31.2. The summed E-state index contributed by atoms with van der Waals surface area (Å²) < 4.78 is 82.4. The van der Waals surface area contributed by atoms with Gasteiger partial charge in [0.15, 0.2) is 11.5 Å². The van der Waals surface area contributed by atoms with Crippen molar-refractivity contribution in [3.63, 3.8) is 0 Å². The third kappa shape index (κ3) is 6.81. The van der Waals surface area contributed by atoms with Gasteiger partial charge in [-0.05, 0) is 69.3 Å². The predicted molar refractivity (Wildman–Crippen MR) is 150 cm³/mol. The molecule has 5 rings (SSSR count). The number of likely N-dealkylation sites (tertiary alicyclic amines) is 1. The largest absolute Gasteiger partial charge is 0.573 e. The van der Waals surface area contributed by atoms with Gasteiger partial charge in [0.1, 0.15) is 11.4 Å². The molecular weight excluding hydrogens is 591 g/mol. The number of sulfonamides is 1. The average molecular weight is 622 g/mol. The van der Waals surface area contributed by atoms with Crippen molar-refractivity contribution >= 4 is 27.5 Å². The second kappa shape index (κ2) is 11.2. The van der Waals surface area contributed by atoms with Crippen molar-refractivity contribution in [2.45, 2.75) is 55.8 Å². The topological polar surface area (TPSA) is 118 Å². The highest BCUT2D eigenvalue weighted by molar-refractivity contribution is 7.89. The van der Waals surface area contributed by atoms with E-state index in [9.17, 15) is 31.5 Å². The van der Waals surface area contributed by atoms with Crippen molar-refractivity contribution < 1.29 is 45.7 Å². The maximum atomic E-state index is 13.4. The third-order valence-electron chi connectivity index (χ3n) is 6.76. The highest BCUT2D eigenvalue weighted by atomic mass is 32.2. The normalized spacial score (nSPS) is 20.5. The smallest absolute Gasteiger partial charge is 0.453 e. The van der Waals surface area contributed by atoms with Gasteiger partial charge >= 0.3 is 12.5 Å². The van der Waals surface area contributed by atoms with Crippen LogP contribution in [0.3, 0.4) is 0 Å². The number of benzene rings is 3. The number of carbonyl (C=O) groups is 1. The Labute approximate surface area is 246 Å². The maximum absolute atomic E-state index is 13.4. The van der Waals surface area contributed by atoms with Gasteiger partial charge < -0.3 is 29.1 Å². The maximum Gasteiger partial charge on any atom is 0.573 e. The van der Waals surface area contributed by atoms with E-state index < -0.39 is 52.0 Å². The van der Waals surface area contributed by atoms with Gasteiger partial charge in [-0.2, -0.15) is 0 Å². The summed E-state index contributed by atoms with van der Waals surface area (Å²) in [6, 6.07) is 15.8. The summed E-state index contributed by atoms with van der Waals surface area (Å²) in [6.45, 7) is 4.82. The number of alkyl halides is 3. The van der Waals surface area contributed by atoms with Crippen LogP contribution in [0.5, 0.6) is 17.2 Å². The van der Waals surface area contributed by atoms with Crippen molar-refractivity contribution in [2.24, 2.45) is 0 Å². The number of rotatable bonds is 5. The molecule has 3 aromatic rings. The molecule has 0 aromatic heterocycles. The number of carbonyl (C=O) groups excluding carboxylic acids is 1. The Morgan fingerprint density at radius 1 is 0.930 bits per heavy atom. The van der Waals surface area contributed by atoms with Crippen LogP contribution in [0, 0.1) is 0 Å². The third-order valence-corrected chi connectivity index (χ3v) is 8.26. The number of anilines is 2. The molecule has 14 heteroatoms. The molecule has 1 fully saturated rings. The number of halogens is 3. The molecule has 2 aliphatic heterocycles. The number of fused-ring (bicyclic) bond motifs is 2. The quantitative estimate of drug-likeness (QED) is 0.402. The Hall–Kier alpha value is -4.01. The Bertz CT molecular complexity index is 1550. The molecule has 0 aliphatic carbocycles. The Balaban J connectivity index is 1.50. The van der Waals surface area contributed by atoms with Crippen LogP contribution in [0.15, 0.2) is 77.7 Å². The summed E-state index contributed by atoms with van der Waals surface area (Å²) in [4.78, 5) is 16.0. The minimum absolute atomic E-state index is 0.0273. The fourth-order valence-electron chi connectivity index (χ4n) is 5.02. The summed E-state index contributed by atoms with van der Waals surface area (Å²) in [6.07, 6.45) is -7.01. The molecule has 230 valence electrons. The van der Waals surface area contributed by atoms with Gasteiger partial charge in [0.25, 0.3) is 0 Å². The summed E-state index contributed by atoms with van der Waals surface area (Å²) in [5, 5.41) is 11.7. The standard InChI is InChI=1S/C29H30F3N3O7S/c1-28(2,3)42-27(37)34-16-20(33-43(38,39)19-14-12-18(13-15-19)41-29(30,31)32)26(36)23(17-34)35-21-8-4-6-10-24(21)40-25-11-7-5-9-22(25)35/h4-15,20,23,26,33,36H,16-17H2,1-3H3/t20-,23-,26+/m1/s1. The van der Waals surface area contributed by atoms with Crippen LogP contribution in [0.1, 0.15) is 20.8 Å². The number of aliphatic hydroxyl groups excluding tert-OH is 1. The van der Waals surface area contributed by atoms with E-state index in [1.54, 1.807) is 74.2 Å². The highest BCUT2D eigenvalue weighted by Crippen LogP contribution is 2.48. The van der Waals surface area contributed by atoms with Crippen LogP contribution < -0.4 is 19.1 Å². The summed E-state index contributed by atoms with van der Waals surface area (Å²) in [5.41, 5.74) is 0.340. The molecule has 1 saturated heterocycles. The van der Waals surface area contributed by atoms with E-state index in [2.05, 4.69) is 9.46 Å². The molecule has 10 nitrogen and oxygen atoms in total. The van der Waals surface area contributed by atoms with E-state index in [4.69, 9.17) is 9.47 Å². The minimum Gasteiger partial charge on any atom is -0.453 e. The average Bonchev–Trinajstić information content (AvgIpc) is 2.91. The fourth-order valence-corrected chi connectivity index (χ4v) is 6.26. The van der Waals surface area contributed by atoms with E-state index in [-0.39, 0.29) is 18.0 Å². The molecular formula is C29H30F3N3O7S. The van der Waals surface area contributed by atoms with E-state index in [1.807, 2.05) is 0 Å². The molecule has 1 amide bonds. The SMILES string of the molecule is CC(C)(C)OC(=O)N1C[C@@H](N2c3ccccc3Oc3ccccc32)[C@@H](O)[C@H](NS(=O)(=O)c2ccc(OC(F)(F)F)cc2)C1. The number of nitrogens with zero attached hydrogens (tertiary/aromatic N) is 2. The molecule has 2 heterocycles. The lowest BCUT2D eigenvalue weighted by molar-refractivity contribution is -0.274. The first kappa shape index (κ1) is 30.4. The Morgan fingerprint density at radius 3 is 2.02 bits per heavy atom. The van der Waals surface area contributed by atoms with E-state index in [1.165, 1.54) is 4.90 Å². The van der Waals surface area contributed by atoms with E-state index in [0.717, 1.165) is 24.3 Å². The molecule has 0 bridgehead atoms. The highest BCUT2D eigenvalue weighted by Gasteiger charge is 2.45. The van der Waals surface area contributed by atoms with Crippen LogP contribution in [-0.4, -0.2) is 67.8 Å². The number of piperidine rings is 1. The van der Waals surface area contributed by atoms with Crippen LogP contribution in [0.2, 0.25) is 0 Å². The van der Waals surface area contributed by atoms with Crippen molar-refractivity contribution in [1.82, 2.24) is 9.62 Å². The first-order chi connectivity index (χ1) is 20.1. The number of amides is 1. The Morgan fingerprint density at radius 2 is 1.49 bits per heavy atom. The number of para-hydroxylation sites is 4. The van der Waals surface area contributed by atoms with Crippen LogP contribution >= 0.6 is 0 Å². The van der Waals surface area contributed by atoms with Crippen LogP contribution in [0.25, 0.3) is 0 Å². The molecule has 3 aromatic carbocycles. The molecule has 43 heavy (non-hydrogen) atoms. The molecule has 0 saturated carbocycles. The Kier molecular flexibility index (Phi) is 7.96. The first-order valence-electron chi connectivity index (χ1n) is 13.3. The fraction of sp³-hybridized carbons (Fsp3) is 0.345. The van der Waals surface area contributed by atoms with Gasteiger partial charge in [0.2, 0.25) is 10.0 Å². The van der Waals surface area contributed by atoms with Crippen molar-refractivity contribution in [3.05, 3.63) is 72.8 Å². The van der Waals surface area contributed by atoms with Gasteiger partial charge in [-0.15, -0.1) is 13.2 Å². The molecule has 2 N–H and O–H groups in total. The van der Waals surface area contributed by atoms with Crippen molar-refractivity contribution in [2.75, 3.05) is 18.0 Å². The number of aliphatic hydroxyl groups is 1. The summed E-state index contributed by atoms with van der Waals surface area (Å²) in [7, 11) is -4.38. The lowest BCUT2D eigenvalue weighted by atomic mass is 9.94. The number of hydrogen-bond donors (Lipinski definition) is 2. The first-order valence-corrected chi connectivity index (χ1v) is 14.8. The zero-order valence-corrected chi connectivity index (χ0v) is 24.2. The number of hydrogen-bond acceptors (Lipinski definition) is 8. The summed E-state index contributed by atoms with van der Waals surface area (Å²) >= 11 is 0. The lowest BCUT2D eigenvalue weighted by Crippen LogP contribution is -2.66. The zero-order valence-electron chi connectivity index (χ0n) is 23.4. The van der Waals surface area contributed by atoms with Gasteiger partial charge in [0, 0.05) is 13.1 Å². The lowest BCUT2D eigenvalue weighted by Gasteiger charge is -2.48. The monoisotopic (exact) mass is 621 g/mol. The molecule has 3 atom stereocenters. The van der Waals surface area contributed by atoms with Crippen molar-refractivity contribution in [1.29, 1.82) is 0 Å². The number of nitrogens with one attached hydrogen (secondary N) is 1. The van der Waals surface area contributed by atoms with E-state index in [0.29, 0.717) is 22.9 Å². The van der Waals surface area contributed by atoms with Crippen molar-refractivity contribution in [3.8, 4) is 17.2 Å². The molecule has 0 radical (unpaired) electrons. The second-order valence-corrected chi connectivity index (χ2v) is 12.8. The molecule has 0 unspecified atom stereocenters. The van der Waals surface area contributed by atoms with Gasteiger partial charge in [-0.3, -0.25) is 0 Å². The minimum atomic E-state index is -4.94. The van der Waals surface area contributed by atoms with Crippen LogP contribution in [0.4, 0.5) is 29.3 Å². The van der Waals surface area contributed by atoms with Crippen LogP contribution in [-0.2, 0) is 14.8 Å². The number of ether oxygens (including phenoxy) is 3. The molecule has 2 aliphatic rings. The van der Waals surface area contributed by atoms with Gasteiger partial charge in [-0.25, -0.2) is 17.9 Å². The van der Waals surface area contributed by atoms with E-state index >= 15 is 0 Å². The van der Waals surface area contributed by atoms with Gasteiger partial charge in [-0.1, -0.05) is 24.3 Å². The predicted octanol–water partition coefficient (Wildman–Crippen LogP) is 5.16. The second-order valence-electron chi connectivity index (χ2n) is 11.1. The molecule has 0 spiro atoms. The van der Waals surface area contributed by atoms with Gasteiger partial charge in [0.05, 0.1) is 34.5 Å².